The van der Waals surface area contributed by atoms with Gasteiger partial charge in [0.25, 0.3) is 0 Å². The Hall–Kier alpha value is -3.56. The molecule has 0 spiro atoms. The maximum absolute atomic E-state index is 12.6. The third-order valence-electron chi connectivity index (χ3n) is 7.40. The average Bonchev–Trinajstić information content (AvgIpc) is 3.20. The van der Waals surface area contributed by atoms with Crippen molar-refractivity contribution >= 4 is 32.4 Å². The van der Waals surface area contributed by atoms with Crippen LogP contribution >= 0.6 is 11.3 Å². The lowest BCUT2D eigenvalue weighted by molar-refractivity contribution is -0.117. The standard InChI is InChI=1S/C31H35N5O3S/c1-30(2,3)26-16-22(34-39-26)15-23(37)14-20-6-8-21(9-7-20)24-17-36-25-10-11-27(33-28(25)40-29(36)32-24)38-19-31(12-13-31)18-35(4)5/h6-11,16-17H,12-15,18-19H2,1-5H3. The monoisotopic (exact) mass is 557 g/mol. The summed E-state index contributed by atoms with van der Waals surface area (Å²) in [5, 5.41) is 4.07. The molecule has 0 aliphatic heterocycles. The van der Waals surface area contributed by atoms with E-state index in [0.717, 1.165) is 44.4 Å². The number of ketones is 1. The van der Waals surface area contributed by atoms with Crippen LogP contribution < -0.4 is 4.74 Å². The first-order valence-electron chi connectivity index (χ1n) is 13.7. The van der Waals surface area contributed by atoms with Crippen molar-refractivity contribution in [1.82, 2.24) is 24.4 Å². The zero-order valence-corrected chi connectivity index (χ0v) is 24.5. The Kier molecular flexibility index (Phi) is 6.74. The van der Waals surface area contributed by atoms with Gasteiger partial charge in [-0.1, -0.05) is 61.5 Å². The minimum absolute atomic E-state index is 0.108. The van der Waals surface area contributed by atoms with Gasteiger partial charge in [-0.05, 0) is 38.6 Å². The zero-order chi connectivity index (χ0) is 28.1. The number of thiazole rings is 1. The van der Waals surface area contributed by atoms with Crippen molar-refractivity contribution < 1.29 is 14.1 Å². The van der Waals surface area contributed by atoms with E-state index in [2.05, 4.69) is 55.4 Å². The Morgan fingerprint density at radius 3 is 2.55 bits per heavy atom. The number of nitrogens with zero attached hydrogens (tertiary/aromatic N) is 5. The molecule has 208 valence electrons. The number of benzene rings is 1. The molecule has 1 fully saturated rings. The Balaban J connectivity index is 1.10. The molecule has 0 atom stereocenters. The summed E-state index contributed by atoms with van der Waals surface area (Å²) in [6.45, 7) is 7.94. The van der Waals surface area contributed by atoms with Gasteiger partial charge in [0.15, 0.2) is 4.96 Å². The molecule has 0 saturated heterocycles. The second kappa shape index (κ2) is 10.1. The van der Waals surface area contributed by atoms with Crippen LogP contribution in [0.4, 0.5) is 0 Å². The zero-order valence-electron chi connectivity index (χ0n) is 23.7. The van der Waals surface area contributed by atoms with E-state index in [1.807, 2.05) is 42.6 Å². The van der Waals surface area contributed by atoms with Gasteiger partial charge < -0.3 is 14.2 Å². The van der Waals surface area contributed by atoms with Gasteiger partial charge in [-0.25, -0.2) is 9.97 Å². The van der Waals surface area contributed by atoms with Crippen LogP contribution in [0, 0.1) is 5.41 Å². The molecule has 0 unspecified atom stereocenters. The van der Waals surface area contributed by atoms with Crippen LogP contribution in [0.25, 0.3) is 26.6 Å². The molecule has 1 saturated carbocycles. The van der Waals surface area contributed by atoms with E-state index in [1.54, 1.807) is 11.3 Å². The van der Waals surface area contributed by atoms with Gasteiger partial charge in [0.1, 0.15) is 16.4 Å². The first kappa shape index (κ1) is 26.7. The summed E-state index contributed by atoms with van der Waals surface area (Å²) in [6.07, 6.45) is 5.09. The predicted octanol–water partition coefficient (Wildman–Crippen LogP) is 5.97. The predicted molar refractivity (Wildman–Crippen MR) is 157 cm³/mol. The number of pyridine rings is 1. The minimum atomic E-state index is -0.128. The second-order valence-corrected chi connectivity index (χ2v) is 13.4. The number of Topliss-reactive ketones (excluding diaryl/α,β-unsaturated/α-hetero) is 1. The molecule has 1 aliphatic carbocycles. The number of fused-ring (bicyclic) bond motifs is 3. The highest BCUT2D eigenvalue weighted by Gasteiger charge is 2.44. The summed E-state index contributed by atoms with van der Waals surface area (Å²) in [4.78, 5) is 26.3. The topological polar surface area (TPSA) is 85.8 Å². The Labute approximate surface area is 238 Å². The van der Waals surface area contributed by atoms with Crippen LogP contribution in [-0.4, -0.2) is 57.5 Å². The fourth-order valence-corrected chi connectivity index (χ4v) is 6.02. The highest BCUT2D eigenvalue weighted by Crippen LogP contribution is 2.46. The number of carbonyl (C=O) groups is 1. The number of aromatic nitrogens is 4. The third-order valence-corrected chi connectivity index (χ3v) is 8.36. The van der Waals surface area contributed by atoms with E-state index in [0.29, 0.717) is 24.6 Å². The molecule has 0 N–H and O–H groups in total. The van der Waals surface area contributed by atoms with Crippen molar-refractivity contribution in [3.05, 3.63) is 65.7 Å². The van der Waals surface area contributed by atoms with Crippen molar-refractivity contribution in [2.75, 3.05) is 27.2 Å². The van der Waals surface area contributed by atoms with Crippen LogP contribution in [0.15, 0.2) is 53.2 Å². The van der Waals surface area contributed by atoms with Gasteiger partial charge in [-0.3, -0.25) is 9.20 Å². The van der Waals surface area contributed by atoms with E-state index in [-0.39, 0.29) is 23.0 Å². The molecule has 9 heteroatoms. The Morgan fingerprint density at radius 1 is 1.10 bits per heavy atom. The molecule has 4 heterocycles. The van der Waals surface area contributed by atoms with Crippen LogP contribution in [0.2, 0.25) is 0 Å². The summed E-state index contributed by atoms with van der Waals surface area (Å²) in [5.41, 5.74) is 4.71. The fraction of sp³-hybridized carbons (Fsp3) is 0.419. The molecule has 1 aromatic carbocycles. The lowest BCUT2D eigenvalue weighted by atomic mass is 9.93. The van der Waals surface area contributed by atoms with Gasteiger partial charge >= 0.3 is 0 Å². The molecule has 8 nitrogen and oxygen atoms in total. The largest absolute Gasteiger partial charge is 0.477 e. The van der Waals surface area contributed by atoms with E-state index >= 15 is 0 Å². The van der Waals surface area contributed by atoms with Gasteiger partial charge in [-0.2, -0.15) is 0 Å². The molecule has 1 aliphatic rings. The summed E-state index contributed by atoms with van der Waals surface area (Å²) < 4.78 is 13.6. The number of carbonyl (C=O) groups excluding carboxylic acids is 1. The van der Waals surface area contributed by atoms with Gasteiger partial charge in [-0.15, -0.1) is 0 Å². The van der Waals surface area contributed by atoms with Crippen LogP contribution in [0.3, 0.4) is 0 Å². The fourth-order valence-electron chi connectivity index (χ4n) is 5.05. The van der Waals surface area contributed by atoms with Crippen molar-refractivity contribution in [2.45, 2.75) is 51.9 Å². The molecule has 6 rings (SSSR count). The molecule has 0 radical (unpaired) electrons. The van der Waals surface area contributed by atoms with Gasteiger partial charge in [0.05, 0.1) is 29.9 Å². The summed E-state index contributed by atoms with van der Waals surface area (Å²) in [5.74, 6) is 1.57. The normalized spacial score (nSPS) is 14.8. The highest BCUT2D eigenvalue weighted by molar-refractivity contribution is 7.23. The summed E-state index contributed by atoms with van der Waals surface area (Å²) in [7, 11) is 4.22. The number of hydrogen-bond acceptors (Lipinski definition) is 8. The van der Waals surface area contributed by atoms with E-state index in [4.69, 9.17) is 19.2 Å². The third kappa shape index (κ3) is 5.67. The maximum atomic E-state index is 12.6. The van der Waals surface area contributed by atoms with E-state index in [9.17, 15) is 4.79 Å². The van der Waals surface area contributed by atoms with E-state index < -0.39 is 0 Å². The lowest BCUT2D eigenvalue weighted by Crippen LogP contribution is -2.27. The molecular formula is C31H35N5O3S. The quantitative estimate of drug-likeness (QED) is 0.209. The molecule has 40 heavy (non-hydrogen) atoms. The maximum Gasteiger partial charge on any atom is 0.214 e. The van der Waals surface area contributed by atoms with E-state index in [1.165, 1.54) is 12.8 Å². The van der Waals surface area contributed by atoms with Crippen LogP contribution in [-0.2, 0) is 23.1 Å². The number of ether oxygens (including phenoxy) is 1. The smallest absolute Gasteiger partial charge is 0.214 e. The minimum Gasteiger partial charge on any atom is -0.477 e. The Morgan fingerprint density at radius 2 is 1.88 bits per heavy atom. The molecular weight excluding hydrogens is 522 g/mol. The molecule has 5 aromatic rings. The second-order valence-electron chi connectivity index (χ2n) is 12.4. The molecule has 4 aromatic heterocycles. The molecule has 0 bridgehead atoms. The summed E-state index contributed by atoms with van der Waals surface area (Å²) >= 11 is 1.56. The van der Waals surface area contributed by atoms with Crippen molar-refractivity contribution in [2.24, 2.45) is 5.41 Å². The lowest BCUT2D eigenvalue weighted by Gasteiger charge is -2.20. The highest BCUT2D eigenvalue weighted by atomic mass is 32.1. The number of hydrogen-bond donors (Lipinski definition) is 0. The number of imidazole rings is 1. The SMILES string of the molecule is CN(C)CC1(COc2ccc3c(n2)sc2nc(-c4ccc(CC(=O)Cc5cc(C(C)(C)C)on5)cc4)cn23)CC1. The van der Waals surface area contributed by atoms with Crippen LogP contribution in [0.5, 0.6) is 5.88 Å². The van der Waals surface area contributed by atoms with Crippen molar-refractivity contribution in [3.8, 4) is 17.1 Å². The van der Waals surface area contributed by atoms with Crippen molar-refractivity contribution in [1.29, 1.82) is 0 Å². The van der Waals surface area contributed by atoms with Gasteiger partial charge in [0.2, 0.25) is 5.88 Å². The number of rotatable bonds is 10. The first-order valence-corrected chi connectivity index (χ1v) is 14.5. The van der Waals surface area contributed by atoms with Crippen molar-refractivity contribution in [3.63, 3.8) is 0 Å². The average molecular weight is 558 g/mol. The van der Waals surface area contributed by atoms with Crippen LogP contribution in [0.1, 0.15) is 50.6 Å². The van der Waals surface area contributed by atoms with Gasteiger partial charge in [0, 0.05) is 47.7 Å². The Bertz CT molecular complexity index is 1670. The molecule has 0 amide bonds. The summed E-state index contributed by atoms with van der Waals surface area (Å²) in [6, 6.07) is 13.9. The first-order chi connectivity index (χ1) is 19.1.